The number of allylic oxidation sites excluding steroid dienone is 1. The highest BCUT2D eigenvalue weighted by Crippen LogP contribution is 2.34. The van der Waals surface area contributed by atoms with Gasteiger partial charge in [-0.05, 0) is 61.4 Å². The summed E-state index contributed by atoms with van der Waals surface area (Å²) in [7, 11) is 0. The molecule has 0 radical (unpaired) electrons. The van der Waals surface area contributed by atoms with E-state index in [0.29, 0.717) is 0 Å². The SMILES string of the molecule is C=C(C)Nc1cc(C)c(C(C)(C)C)c(C)c1C. The molecule has 0 bridgehead atoms. The smallest absolute Gasteiger partial charge is 0.0416 e. The van der Waals surface area contributed by atoms with Gasteiger partial charge in [0.05, 0.1) is 0 Å². The van der Waals surface area contributed by atoms with Crippen molar-refractivity contribution < 1.29 is 0 Å². The van der Waals surface area contributed by atoms with Gasteiger partial charge in [-0.2, -0.15) is 0 Å². The fourth-order valence-corrected chi connectivity index (χ4v) is 2.60. The lowest BCUT2D eigenvalue weighted by molar-refractivity contribution is 0.581. The van der Waals surface area contributed by atoms with Gasteiger partial charge in [-0.15, -0.1) is 0 Å². The number of anilines is 1. The molecule has 0 aliphatic heterocycles. The fraction of sp³-hybridized carbons (Fsp3) is 0.500. The van der Waals surface area contributed by atoms with E-state index in [1.165, 1.54) is 27.9 Å². The Labute approximate surface area is 106 Å². The third-order valence-corrected chi connectivity index (χ3v) is 3.19. The third-order valence-electron chi connectivity index (χ3n) is 3.19. The van der Waals surface area contributed by atoms with Crippen LogP contribution < -0.4 is 5.32 Å². The molecule has 0 fully saturated rings. The van der Waals surface area contributed by atoms with Gasteiger partial charge in [0.25, 0.3) is 0 Å². The van der Waals surface area contributed by atoms with E-state index in [1.807, 2.05) is 6.92 Å². The summed E-state index contributed by atoms with van der Waals surface area (Å²) in [6.45, 7) is 19.3. The van der Waals surface area contributed by atoms with Gasteiger partial charge < -0.3 is 5.32 Å². The summed E-state index contributed by atoms with van der Waals surface area (Å²) in [5.74, 6) is 0. The molecule has 0 amide bonds. The largest absolute Gasteiger partial charge is 0.359 e. The zero-order valence-corrected chi connectivity index (χ0v) is 12.3. The van der Waals surface area contributed by atoms with Gasteiger partial charge in [0.1, 0.15) is 0 Å². The van der Waals surface area contributed by atoms with Gasteiger partial charge >= 0.3 is 0 Å². The molecule has 1 heteroatoms. The average molecular weight is 231 g/mol. The second kappa shape index (κ2) is 4.56. The highest BCUT2D eigenvalue weighted by atomic mass is 14.9. The minimum Gasteiger partial charge on any atom is -0.359 e. The van der Waals surface area contributed by atoms with Crippen molar-refractivity contribution in [3.63, 3.8) is 0 Å². The molecular formula is C16H25N. The van der Waals surface area contributed by atoms with Gasteiger partial charge in [-0.3, -0.25) is 0 Å². The number of benzene rings is 1. The maximum absolute atomic E-state index is 3.91. The molecule has 0 saturated heterocycles. The lowest BCUT2D eigenvalue weighted by Gasteiger charge is -2.27. The maximum atomic E-state index is 3.91. The molecule has 0 atom stereocenters. The van der Waals surface area contributed by atoms with E-state index in [-0.39, 0.29) is 5.41 Å². The van der Waals surface area contributed by atoms with Crippen molar-refractivity contribution in [2.75, 3.05) is 5.32 Å². The van der Waals surface area contributed by atoms with E-state index in [9.17, 15) is 0 Å². The van der Waals surface area contributed by atoms with E-state index in [2.05, 4.69) is 59.5 Å². The molecule has 0 aliphatic carbocycles. The van der Waals surface area contributed by atoms with E-state index in [0.717, 1.165) is 5.70 Å². The van der Waals surface area contributed by atoms with Crippen molar-refractivity contribution in [1.29, 1.82) is 0 Å². The first kappa shape index (κ1) is 13.8. The molecule has 1 N–H and O–H groups in total. The molecule has 0 unspecified atom stereocenters. The Morgan fingerprint density at radius 2 is 1.65 bits per heavy atom. The van der Waals surface area contributed by atoms with Crippen LogP contribution in [0.15, 0.2) is 18.3 Å². The molecule has 1 nitrogen and oxygen atoms in total. The summed E-state index contributed by atoms with van der Waals surface area (Å²) in [6, 6.07) is 2.23. The minimum absolute atomic E-state index is 0.195. The van der Waals surface area contributed by atoms with Crippen LogP contribution in [0.3, 0.4) is 0 Å². The lowest BCUT2D eigenvalue weighted by Crippen LogP contribution is -2.16. The molecule has 0 heterocycles. The van der Waals surface area contributed by atoms with Crippen LogP contribution in [0.5, 0.6) is 0 Å². The van der Waals surface area contributed by atoms with Crippen LogP contribution in [-0.2, 0) is 5.41 Å². The van der Waals surface area contributed by atoms with Crippen molar-refractivity contribution >= 4 is 5.69 Å². The molecule has 0 saturated carbocycles. The highest BCUT2D eigenvalue weighted by Gasteiger charge is 2.21. The zero-order chi connectivity index (χ0) is 13.4. The van der Waals surface area contributed by atoms with Crippen LogP contribution >= 0.6 is 0 Å². The Morgan fingerprint density at radius 3 is 2.06 bits per heavy atom. The van der Waals surface area contributed by atoms with E-state index < -0.39 is 0 Å². The normalized spacial score (nSPS) is 11.5. The Kier molecular flexibility index (Phi) is 3.71. The van der Waals surface area contributed by atoms with Gasteiger partial charge in [0.15, 0.2) is 0 Å². The van der Waals surface area contributed by atoms with Gasteiger partial charge in [-0.25, -0.2) is 0 Å². The molecule has 1 aromatic carbocycles. The molecule has 1 aromatic rings. The summed E-state index contributed by atoms with van der Waals surface area (Å²) in [6.07, 6.45) is 0. The van der Waals surface area contributed by atoms with Crippen LogP contribution in [0.2, 0.25) is 0 Å². The van der Waals surface area contributed by atoms with Crippen molar-refractivity contribution in [3.05, 3.63) is 40.6 Å². The first-order valence-corrected chi connectivity index (χ1v) is 6.18. The zero-order valence-electron chi connectivity index (χ0n) is 12.3. The second-order valence-corrected chi connectivity index (χ2v) is 6.02. The molecule has 0 spiro atoms. The quantitative estimate of drug-likeness (QED) is 0.767. The monoisotopic (exact) mass is 231 g/mol. The Morgan fingerprint density at radius 1 is 1.12 bits per heavy atom. The highest BCUT2D eigenvalue weighted by molar-refractivity contribution is 5.62. The summed E-state index contributed by atoms with van der Waals surface area (Å²) in [5.41, 5.74) is 7.88. The predicted molar refractivity (Wildman–Crippen MR) is 77.8 cm³/mol. The number of rotatable bonds is 2. The number of hydrogen-bond donors (Lipinski definition) is 1. The topological polar surface area (TPSA) is 12.0 Å². The first-order valence-electron chi connectivity index (χ1n) is 6.18. The van der Waals surface area contributed by atoms with Gasteiger partial charge in [-0.1, -0.05) is 27.4 Å². The Balaban J connectivity index is 3.42. The first-order chi connectivity index (χ1) is 7.64. The third kappa shape index (κ3) is 2.91. The molecular weight excluding hydrogens is 206 g/mol. The average Bonchev–Trinajstić information content (AvgIpc) is 2.10. The van der Waals surface area contributed by atoms with Crippen LogP contribution in [0.25, 0.3) is 0 Å². The summed E-state index contributed by atoms with van der Waals surface area (Å²) < 4.78 is 0. The van der Waals surface area contributed by atoms with Gasteiger partial charge in [0, 0.05) is 11.4 Å². The van der Waals surface area contributed by atoms with Crippen LogP contribution in [0, 0.1) is 20.8 Å². The number of aryl methyl sites for hydroxylation is 1. The van der Waals surface area contributed by atoms with Crippen LogP contribution in [0.1, 0.15) is 49.9 Å². The van der Waals surface area contributed by atoms with Crippen LogP contribution in [-0.4, -0.2) is 0 Å². The number of hydrogen-bond acceptors (Lipinski definition) is 1. The van der Waals surface area contributed by atoms with Crippen molar-refractivity contribution in [2.24, 2.45) is 0 Å². The Hall–Kier alpha value is -1.24. The van der Waals surface area contributed by atoms with Crippen molar-refractivity contribution in [2.45, 2.75) is 53.9 Å². The summed E-state index contributed by atoms with van der Waals surface area (Å²) >= 11 is 0. The van der Waals surface area contributed by atoms with Gasteiger partial charge in [0.2, 0.25) is 0 Å². The molecule has 1 rings (SSSR count). The summed E-state index contributed by atoms with van der Waals surface area (Å²) in [5, 5.41) is 3.34. The molecule has 17 heavy (non-hydrogen) atoms. The van der Waals surface area contributed by atoms with E-state index >= 15 is 0 Å². The molecule has 94 valence electrons. The predicted octanol–water partition coefficient (Wildman–Crippen LogP) is 4.85. The van der Waals surface area contributed by atoms with E-state index in [4.69, 9.17) is 0 Å². The van der Waals surface area contributed by atoms with Crippen molar-refractivity contribution in [3.8, 4) is 0 Å². The maximum Gasteiger partial charge on any atom is 0.0416 e. The van der Waals surface area contributed by atoms with Crippen molar-refractivity contribution in [1.82, 2.24) is 0 Å². The summed E-state index contributed by atoms with van der Waals surface area (Å²) in [4.78, 5) is 0. The van der Waals surface area contributed by atoms with Crippen LogP contribution in [0.4, 0.5) is 5.69 Å². The second-order valence-electron chi connectivity index (χ2n) is 6.02. The molecule has 0 aliphatic rings. The molecule has 0 aromatic heterocycles. The number of nitrogens with one attached hydrogen (secondary N) is 1. The fourth-order valence-electron chi connectivity index (χ4n) is 2.60. The minimum atomic E-state index is 0.195. The lowest BCUT2D eigenvalue weighted by atomic mass is 9.79. The standard InChI is InChI=1S/C16H25N/c1-10(2)17-14-9-11(3)15(16(6,7)8)13(5)12(14)4/h9,17H,1H2,2-8H3. The van der Waals surface area contributed by atoms with E-state index in [1.54, 1.807) is 0 Å². The Bertz CT molecular complexity index is 448.